The Bertz CT molecular complexity index is 125. The molecule has 0 aliphatic carbocycles. The topological polar surface area (TPSA) is 0 Å². The Morgan fingerprint density at radius 3 is 1.18 bits per heavy atom. The second kappa shape index (κ2) is 2.66. The van der Waals surface area contributed by atoms with Crippen LogP contribution in [-0.2, 0) is 0 Å². The molecule has 0 aromatic rings. The van der Waals surface area contributed by atoms with Gasteiger partial charge in [0.05, 0.1) is 0 Å². The molecule has 0 heterocycles. The van der Waals surface area contributed by atoms with Gasteiger partial charge >= 0.3 is 62.2 Å². The predicted molar refractivity (Wildman–Crippen MR) is 24.8 cm³/mol. The fraction of sp³-hybridized carbons (Fsp3) is 1.00. The number of rotatable bonds is 1. The van der Waals surface area contributed by atoms with Gasteiger partial charge in [-0.2, -0.15) is 0 Å². The molecule has 0 fully saturated rings. The van der Waals surface area contributed by atoms with Crippen molar-refractivity contribution in [1.29, 1.82) is 0 Å². The van der Waals surface area contributed by atoms with Gasteiger partial charge in [-0.15, -0.1) is 0 Å². The van der Waals surface area contributed by atoms with Crippen molar-refractivity contribution in [2.75, 3.05) is 0 Å². The summed E-state index contributed by atoms with van der Waals surface area (Å²) in [6, 6.07) is 0. The summed E-state index contributed by atoms with van der Waals surface area (Å²) in [4.78, 5) is -0.296. The van der Waals surface area contributed by atoms with Gasteiger partial charge in [0.2, 0.25) is 0 Å². The maximum absolute atomic E-state index is 11.7. The van der Waals surface area contributed by atoms with Crippen LogP contribution in [-0.4, -0.2) is 29.5 Å². The fourth-order valence-electron chi connectivity index (χ4n) is 0.203. The van der Waals surface area contributed by atoms with E-state index in [0.717, 1.165) is 0 Å². The summed E-state index contributed by atoms with van der Waals surface area (Å²) in [5, 5.41) is 0. The summed E-state index contributed by atoms with van der Waals surface area (Å²) in [6.45, 7) is 0. The van der Waals surface area contributed by atoms with Gasteiger partial charge in [-0.25, -0.2) is 0 Å². The molecule has 0 aromatic heterocycles. The molecule has 0 rings (SSSR count). The van der Waals surface area contributed by atoms with Gasteiger partial charge in [0.15, 0.2) is 0 Å². The zero-order chi connectivity index (χ0) is 9.50. The number of alkyl halides is 5. The Balaban J connectivity index is 4.75. The molecule has 0 N–H and O–H groups in total. The zero-order valence-electron chi connectivity index (χ0n) is 5.05. The van der Waals surface area contributed by atoms with Gasteiger partial charge in [0, 0.05) is 0 Å². The van der Waals surface area contributed by atoms with Gasteiger partial charge in [-0.3, -0.25) is 0 Å². The van der Waals surface area contributed by atoms with Crippen molar-refractivity contribution >= 4 is 19.3 Å². The normalized spacial score (nSPS) is 16.7. The molecule has 0 bridgehead atoms. The third kappa shape index (κ3) is 2.12. The molecule has 11 heavy (non-hydrogen) atoms. The second-order valence-electron chi connectivity index (χ2n) is 1.74. The Morgan fingerprint density at radius 2 is 1.18 bits per heavy atom. The Morgan fingerprint density at radius 1 is 0.909 bits per heavy atom. The van der Waals surface area contributed by atoms with E-state index in [-0.39, 0.29) is 4.97 Å². The molecule has 0 aliphatic heterocycles. The van der Waals surface area contributed by atoms with Crippen molar-refractivity contribution in [3.8, 4) is 0 Å². The first-order chi connectivity index (χ1) is 4.50. The van der Waals surface area contributed by atoms with Gasteiger partial charge in [0.1, 0.15) is 0 Å². The molecular weight excluding hydrogens is 297 g/mol. The van der Waals surface area contributed by atoms with Crippen molar-refractivity contribution in [1.82, 2.24) is 0 Å². The van der Waals surface area contributed by atoms with Crippen LogP contribution in [0.15, 0.2) is 0 Å². The number of halogens is 7. The molecule has 0 aliphatic rings. The van der Waals surface area contributed by atoms with E-state index in [1.165, 1.54) is 0 Å². The minimum absolute atomic E-state index is 0.296. The minimum atomic E-state index is -6.99. The Hall–Kier alpha value is 0.300. The van der Waals surface area contributed by atoms with Gasteiger partial charge in [-0.05, 0) is 0 Å². The van der Waals surface area contributed by atoms with E-state index in [2.05, 4.69) is 0 Å². The van der Waals surface area contributed by atoms with E-state index < -0.39 is 29.5 Å². The number of hydrogen-bond donors (Lipinski definition) is 0. The predicted octanol–water partition coefficient (Wildman–Crippen LogP) is 2.73. The van der Waals surface area contributed by atoms with Crippen LogP contribution in [0.2, 0.25) is 4.97 Å². The standard InChI is InChI=1S/C3H3F7Te/c1-11(9,10)3(7,8)2(4,5)6/h1H3. The maximum atomic E-state index is 11.7. The van der Waals surface area contributed by atoms with E-state index in [1.54, 1.807) is 0 Å². The van der Waals surface area contributed by atoms with Crippen molar-refractivity contribution in [3.05, 3.63) is 0 Å². The van der Waals surface area contributed by atoms with Crippen LogP contribution in [0.3, 0.4) is 0 Å². The third-order valence-electron chi connectivity index (χ3n) is 0.780. The zero-order valence-corrected chi connectivity index (χ0v) is 7.38. The summed E-state index contributed by atoms with van der Waals surface area (Å²) in [5.41, 5.74) is 0. The molecule has 0 saturated carbocycles. The molecule has 70 valence electrons. The van der Waals surface area contributed by atoms with Gasteiger partial charge in [-0.1, -0.05) is 0 Å². The molecule has 0 unspecified atom stereocenters. The molecule has 0 atom stereocenters. The Labute approximate surface area is 62.7 Å². The van der Waals surface area contributed by atoms with Crippen LogP contribution < -0.4 is 0 Å². The number of hydrogen-bond acceptors (Lipinski definition) is 0. The molecular formula is C3H3F7Te. The van der Waals surface area contributed by atoms with Crippen molar-refractivity contribution in [2.24, 2.45) is 0 Å². The first-order valence-electron chi connectivity index (χ1n) is 2.12. The van der Waals surface area contributed by atoms with E-state index in [1.807, 2.05) is 0 Å². The van der Waals surface area contributed by atoms with Crippen LogP contribution >= 0.6 is 0 Å². The van der Waals surface area contributed by atoms with Crippen LogP contribution in [0.5, 0.6) is 0 Å². The summed E-state index contributed by atoms with van der Waals surface area (Å²) in [5.74, 6) is 0. The Kier molecular flexibility index (Phi) is 2.73. The quantitative estimate of drug-likeness (QED) is 0.516. The van der Waals surface area contributed by atoms with E-state index in [4.69, 9.17) is 0 Å². The molecule has 0 spiro atoms. The van der Waals surface area contributed by atoms with Crippen LogP contribution in [0.25, 0.3) is 0 Å². The molecule has 0 radical (unpaired) electrons. The fourth-order valence-corrected chi connectivity index (χ4v) is 1.36. The SMILES string of the molecule is C[Te](F)(F)C(F)(F)C(F)(F)F. The van der Waals surface area contributed by atoms with Crippen LogP contribution in [0.1, 0.15) is 0 Å². The molecule has 0 amide bonds. The third-order valence-corrected chi connectivity index (χ3v) is 4.01. The van der Waals surface area contributed by atoms with E-state index in [0.29, 0.717) is 0 Å². The second-order valence-corrected chi connectivity index (χ2v) is 7.34. The van der Waals surface area contributed by atoms with Crippen molar-refractivity contribution in [2.45, 2.75) is 15.1 Å². The van der Waals surface area contributed by atoms with Crippen LogP contribution in [0.4, 0.5) is 27.7 Å². The van der Waals surface area contributed by atoms with E-state index in [9.17, 15) is 27.7 Å². The molecule has 0 saturated heterocycles. The summed E-state index contributed by atoms with van der Waals surface area (Å²) < 4.78 is 74.4. The van der Waals surface area contributed by atoms with Crippen molar-refractivity contribution in [3.63, 3.8) is 0 Å². The van der Waals surface area contributed by atoms with E-state index >= 15 is 0 Å². The summed E-state index contributed by atoms with van der Waals surface area (Å²) in [6.07, 6.45) is -6.12. The van der Waals surface area contributed by atoms with Gasteiger partial charge in [0.25, 0.3) is 0 Å². The van der Waals surface area contributed by atoms with Gasteiger partial charge < -0.3 is 0 Å². The summed E-state index contributed by atoms with van der Waals surface area (Å²) in [7, 11) is 0. The first kappa shape index (κ1) is 11.3. The molecule has 0 nitrogen and oxygen atoms in total. The molecule has 0 aromatic carbocycles. The van der Waals surface area contributed by atoms with Crippen molar-refractivity contribution < 1.29 is 27.7 Å². The summed E-state index contributed by atoms with van der Waals surface area (Å²) >= 11 is -6.99. The van der Waals surface area contributed by atoms with Crippen LogP contribution in [0, 0.1) is 0 Å². The molecule has 8 heteroatoms. The average Bonchev–Trinajstić information content (AvgIpc) is 1.58. The monoisotopic (exact) mass is 302 g/mol. The first-order valence-corrected chi connectivity index (χ1v) is 7.37. The average molecular weight is 300 g/mol.